The molecular weight excluding hydrogens is 358 g/mol. The summed E-state index contributed by atoms with van der Waals surface area (Å²) in [6.45, 7) is 2.39. The number of hydrogen-bond donors (Lipinski definition) is 1. The van der Waals surface area contributed by atoms with Crippen molar-refractivity contribution in [2.45, 2.75) is 51.6 Å². The van der Waals surface area contributed by atoms with E-state index in [9.17, 15) is 0 Å². The van der Waals surface area contributed by atoms with Gasteiger partial charge in [0, 0.05) is 11.6 Å². The van der Waals surface area contributed by atoms with Gasteiger partial charge in [0.2, 0.25) is 5.82 Å². The third-order valence-corrected chi connectivity index (χ3v) is 5.05. The lowest BCUT2D eigenvalue weighted by atomic mass is 9.96. The first-order valence-corrected chi connectivity index (χ1v) is 9.79. The molecule has 1 aliphatic rings. The van der Waals surface area contributed by atoms with Gasteiger partial charge in [-0.15, -0.1) is 10.2 Å². The maximum absolute atomic E-state index is 5.53. The maximum Gasteiger partial charge on any atom is 0.204 e. The van der Waals surface area contributed by atoms with Crippen LogP contribution < -0.4 is 5.32 Å². The Bertz CT molecular complexity index is 909. The van der Waals surface area contributed by atoms with Crippen LogP contribution in [0.25, 0.3) is 11.4 Å². The first kappa shape index (κ1) is 17.8. The van der Waals surface area contributed by atoms with Gasteiger partial charge < -0.3 is 5.32 Å². The van der Waals surface area contributed by atoms with Gasteiger partial charge in [0.05, 0.1) is 11.7 Å². The normalized spacial score (nSPS) is 15.0. The van der Waals surface area contributed by atoms with E-state index in [4.69, 9.17) is 12.2 Å². The van der Waals surface area contributed by atoms with Crippen molar-refractivity contribution in [1.29, 1.82) is 0 Å². The van der Waals surface area contributed by atoms with Gasteiger partial charge in [-0.25, -0.2) is 4.68 Å². The molecule has 0 saturated heterocycles. The molecule has 0 unspecified atom stereocenters. The SMILES string of the molecule is Cc1cc(NC(=S)Cn2nnc(-c3ccccc3)n2)n(C2CCCCC2)n1. The summed E-state index contributed by atoms with van der Waals surface area (Å²) in [5.41, 5.74) is 1.93. The van der Waals surface area contributed by atoms with Crippen molar-refractivity contribution in [3.8, 4) is 11.4 Å². The van der Waals surface area contributed by atoms with Crippen molar-refractivity contribution in [1.82, 2.24) is 30.0 Å². The Morgan fingerprint density at radius 2 is 1.93 bits per heavy atom. The quantitative estimate of drug-likeness (QED) is 0.678. The number of tetrazole rings is 1. The van der Waals surface area contributed by atoms with Crippen molar-refractivity contribution in [3.05, 3.63) is 42.1 Å². The van der Waals surface area contributed by atoms with Gasteiger partial charge in [-0.3, -0.25) is 0 Å². The molecule has 4 rings (SSSR count). The van der Waals surface area contributed by atoms with E-state index in [-0.39, 0.29) is 0 Å². The monoisotopic (exact) mass is 381 g/mol. The Balaban J connectivity index is 1.44. The maximum atomic E-state index is 5.53. The van der Waals surface area contributed by atoms with Gasteiger partial charge in [-0.1, -0.05) is 61.8 Å². The topological polar surface area (TPSA) is 73.5 Å². The summed E-state index contributed by atoms with van der Waals surface area (Å²) in [5.74, 6) is 1.55. The number of aromatic nitrogens is 6. The molecule has 0 bridgehead atoms. The fourth-order valence-corrected chi connectivity index (χ4v) is 3.76. The summed E-state index contributed by atoms with van der Waals surface area (Å²) in [5, 5.41) is 20.7. The third-order valence-electron chi connectivity index (χ3n) is 4.82. The zero-order valence-corrected chi connectivity index (χ0v) is 16.2. The largest absolute Gasteiger partial charge is 0.333 e. The smallest absolute Gasteiger partial charge is 0.204 e. The molecule has 1 fully saturated rings. The lowest BCUT2D eigenvalue weighted by molar-refractivity contribution is 0.332. The third kappa shape index (κ3) is 4.21. The Morgan fingerprint density at radius 3 is 2.70 bits per heavy atom. The van der Waals surface area contributed by atoms with Crippen molar-refractivity contribution < 1.29 is 0 Å². The standard InChI is InChI=1S/C19H23N7S/c1-14-12-17(26(22-14)16-10-6-3-7-11-16)20-18(27)13-25-23-19(21-24-25)15-8-4-2-5-9-15/h2,4-5,8-9,12,16H,3,6-7,10-11,13H2,1H3,(H,20,27). The molecule has 0 aliphatic heterocycles. The lowest BCUT2D eigenvalue weighted by Crippen LogP contribution is -2.23. The van der Waals surface area contributed by atoms with E-state index in [2.05, 4.69) is 30.5 Å². The summed E-state index contributed by atoms with van der Waals surface area (Å²) >= 11 is 5.53. The zero-order valence-electron chi connectivity index (χ0n) is 15.4. The van der Waals surface area contributed by atoms with Crippen molar-refractivity contribution in [3.63, 3.8) is 0 Å². The molecule has 8 heteroatoms. The van der Waals surface area contributed by atoms with E-state index >= 15 is 0 Å². The lowest BCUT2D eigenvalue weighted by Gasteiger charge is -2.24. The van der Waals surface area contributed by atoms with Crippen molar-refractivity contribution in [2.24, 2.45) is 0 Å². The molecule has 0 spiro atoms. The van der Waals surface area contributed by atoms with E-state index in [0.717, 1.165) is 17.1 Å². The minimum atomic E-state index is 0.379. The zero-order chi connectivity index (χ0) is 18.6. The Hall–Kier alpha value is -2.61. The average molecular weight is 382 g/mol. The Kier molecular flexibility index (Phi) is 5.24. The fourth-order valence-electron chi connectivity index (χ4n) is 3.54. The van der Waals surface area contributed by atoms with Crippen LogP contribution in [-0.4, -0.2) is 35.0 Å². The molecule has 1 N–H and O–H groups in total. The second kappa shape index (κ2) is 7.96. The highest BCUT2D eigenvalue weighted by molar-refractivity contribution is 7.80. The molecule has 2 aromatic heterocycles. The number of aryl methyl sites for hydroxylation is 1. The number of rotatable bonds is 5. The molecule has 0 amide bonds. The fraction of sp³-hybridized carbons (Fsp3) is 0.421. The molecule has 0 atom stereocenters. The van der Waals surface area contributed by atoms with Crippen molar-refractivity contribution in [2.75, 3.05) is 5.32 Å². The highest BCUT2D eigenvalue weighted by Gasteiger charge is 2.20. The molecule has 0 radical (unpaired) electrons. The van der Waals surface area contributed by atoms with Crippen LogP contribution in [0, 0.1) is 6.92 Å². The second-order valence-corrected chi connectivity index (χ2v) is 7.46. The highest BCUT2D eigenvalue weighted by atomic mass is 32.1. The van der Waals surface area contributed by atoms with Gasteiger partial charge >= 0.3 is 0 Å². The van der Waals surface area contributed by atoms with Gasteiger partial charge in [-0.05, 0) is 25.0 Å². The van der Waals surface area contributed by atoms with Crippen LogP contribution in [0.3, 0.4) is 0 Å². The van der Waals surface area contributed by atoms with Crippen LogP contribution in [0.2, 0.25) is 0 Å². The van der Waals surface area contributed by atoms with Gasteiger partial charge in [0.15, 0.2) is 0 Å². The Labute approximate surface area is 163 Å². The number of nitrogens with one attached hydrogen (secondary N) is 1. The summed E-state index contributed by atoms with van der Waals surface area (Å²) < 4.78 is 2.10. The molecule has 27 heavy (non-hydrogen) atoms. The summed E-state index contributed by atoms with van der Waals surface area (Å²) in [6.07, 6.45) is 6.19. The minimum absolute atomic E-state index is 0.379. The van der Waals surface area contributed by atoms with E-state index in [1.165, 1.54) is 36.9 Å². The number of anilines is 1. The van der Waals surface area contributed by atoms with Gasteiger partial charge in [0.1, 0.15) is 17.4 Å². The van der Waals surface area contributed by atoms with E-state index < -0.39 is 0 Å². The summed E-state index contributed by atoms with van der Waals surface area (Å²) in [6, 6.07) is 12.3. The molecular formula is C19H23N7S. The molecule has 1 saturated carbocycles. The summed E-state index contributed by atoms with van der Waals surface area (Å²) in [7, 11) is 0. The molecule has 2 heterocycles. The van der Waals surface area contributed by atoms with Crippen LogP contribution in [-0.2, 0) is 6.54 Å². The highest BCUT2D eigenvalue weighted by Crippen LogP contribution is 2.30. The molecule has 7 nitrogen and oxygen atoms in total. The molecule has 1 aromatic carbocycles. The number of thiocarbonyl (C=S) groups is 1. The summed E-state index contributed by atoms with van der Waals surface area (Å²) in [4.78, 5) is 2.16. The predicted octanol–water partition coefficient (Wildman–Crippen LogP) is 3.79. The average Bonchev–Trinajstić information content (AvgIpc) is 3.29. The van der Waals surface area contributed by atoms with Crippen LogP contribution in [0.5, 0.6) is 0 Å². The first-order valence-electron chi connectivity index (χ1n) is 9.38. The van der Waals surface area contributed by atoms with Crippen LogP contribution in [0.4, 0.5) is 5.82 Å². The molecule has 3 aromatic rings. The van der Waals surface area contributed by atoms with Crippen LogP contribution in [0.1, 0.15) is 43.8 Å². The minimum Gasteiger partial charge on any atom is -0.333 e. The van der Waals surface area contributed by atoms with Crippen molar-refractivity contribution >= 4 is 23.0 Å². The van der Waals surface area contributed by atoms with E-state index in [1.807, 2.05) is 43.3 Å². The van der Waals surface area contributed by atoms with Gasteiger partial charge in [0.25, 0.3) is 0 Å². The first-order chi connectivity index (χ1) is 13.2. The van der Waals surface area contributed by atoms with E-state index in [1.54, 1.807) is 0 Å². The van der Waals surface area contributed by atoms with Gasteiger partial charge in [-0.2, -0.15) is 9.90 Å². The predicted molar refractivity (Wildman–Crippen MR) is 109 cm³/mol. The van der Waals surface area contributed by atoms with E-state index in [0.29, 0.717) is 23.4 Å². The van der Waals surface area contributed by atoms with Crippen LogP contribution in [0.15, 0.2) is 36.4 Å². The molecule has 1 aliphatic carbocycles. The molecule has 140 valence electrons. The second-order valence-electron chi connectivity index (χ2n) is 6.97. The number of benzene rings is 1. The number of hydrogen-bond acceptors (Lipinski definition) is 5. The number of nitrogens with zero attached hydrogens (tertiary/aromatic N) is 6. The van der Waals surface area contributed by atoms with Crippen LogP contribution >= 0.6 is 12.2 Å². The Morgan fingerprint density at radius 1 is 1.15 bits per heavy atom.